The van der Waals surface area contributed by atoms with Gasteiger partial charge in [0.15, 0.2) is 5.76 Å². The molecule has 1 heterocycles. The van der Waals surface area contributed by atoms with Crippen molar-refractivity contribution in [3.63, 3.8) is 0 Å². The van der Waals surface area contributed by atoms with E-state index in [1.807, 2.05) is 42.5 Å². The number of furan rings is 1. The van der Waals surface area contributed by atoms with Crippen LogP contribution < -0.4 is 15.5 Å². The van der Waals surface area contributed by atoms with E-state index in [4.69, 9.17) is 4.42 Å². The first-order valence-corrected chi connectivity index (χ1v) is 8.72. The zero-order valence-electron chi connectivity index (χ0n) is 14.6. The molecule has 0 aliphatic carbocycles. The van der Waals surface area contributed by atoms with E-state index >= 15 is 0 Å². The molecule has 0 spiro atoms. The van der Waals surface area contributed by atoms with Gasteiger partial charge in [0.25, 0.3) is 0 Å². The Kier molecular flexibility index (Phi) is 7.36. The zero-order chi connectivity index (χ0) is 17.2. The first-order valence-electron chi connectivity index (χ1n) is 8.72. The molecule has 0 bridgehead atoms. The molecule has 0 aliphatic rings. The molecule has 1 aromatic carbocycles. The molecule has 1 unspecified atom stereocenters. The summed E-state index contributed by atoms with van der Waals surface area (Å²) in [5.74, 6) is 1.75. The highest BCUT2D eigenvalue weighted by atomic mass is 16.3. The average Bonchev–Trinajstić information content (AvgIpc) is 3.05. The Bertz CT molecular complexity index is 610. The number of quaternary nitrogens is 1. The van der Waals surface area contributed by atoms with Crippen LogP contribution in [0.2, 0.25) is 0 Å². The van der Waals surface area contributed by atoms with Crippen LogP contribution in [0.25, 0.3) is 0 Å². The van der Waals surface area contributed by atoms with Crippen LogP contribution in [0.1, 0.15) is 38.2 Å². The Morgan fingerprint density at radius 2 is 1.83 bits per heavy atom. The fourth-order valence-corrected chi connectivity index (χ4v) is 2.54. The van der Waals surface area contributed by atoms with Crippen molar-refractivity contribution in [2.45, 2.75) is 39.8 Å². The first-order chi connectivity index (χ1) is 11.7. The number of benzene rings is 1. The van der Waals surface area contributed by atoms with Gasteiger partial charge in [0, 0.05) is 5.69 Å². The molecule has 0 fully saturated rings. The van der Waals surface area contributed by atoms with Crippen molar-refractivity contribution in [1.29, 1.82) is 0 Å². The van der Waals surface area contributed by atoms with Gasteiger partial charge in [0.2, 0.25) is 0 Å². The molecule has 2 aromatic rings. The number of urea groups is 1. The number of nitrogens with one attached hydrogen (secondary N) is 3. The molecular weight excluding hydrogens is 302 g/mol. The van der Waals surface area contributed by atoms with Gasteiger partial charge >= 0.3 is 6.03 Å². The largest absolute Gasteiger partial charge is 0.458 e. The van der Waals surface area contributed by atoms with Gasteiger partial charge in [-0.3, -0.25) is 0 Å². The molecule has 2 amide bonds. The molecule has 3 N–H and O–H groups in total. The van der Waals surface area contributed by atoms with Crippen molar-refractivity contribution in [3.8, 4) is 0 Å². The number of hydrogen-bond donors (Lipinski definition) is 3. The van der Waals surface area contributed by atoms with E-state index in [0.29, 0.717) is 6.54 Å². The van der Waals surface area contributed by atoms with E-state index < -0.39 is 0 Å². The third-order valence-corrected chi connectivity index (χ3v) is 3.98. The standard InChI is InChI=1S/C19H27N3O2/c1-3-5-13-22(4-2)15-18-12-11-17(24-18)14-20-19(23)21-16-9-7-6-8-10-16/h6-12H,3-5,13-15H2,1-2H3,(H2,20,21,23)/p+1. The van der Waals surface area contributed by atoms with E-state index in [2.05, 4.69) is 24.5 Å². The van der Waals surface area contributed by atoms with Crippen LogP contribution in [-0.2, 0) is 13.1 Å². The summed E-state index contributed by atoms with van der Waals surface area (Å²) in [6.45, 7) is 7.95. The maximum Gasteiger partial charge on any atom is 0.319 e. The number of hydrogen-bond acceptors (Lipinski definition) is 2. The Morgan fingerprint density at radius 1 is 1.08 bits per heavy atom. The van der Waals surface area contributed by atoms with Crippen LogP contribution in [0.3, 0.4) is 0 Å². The van der Waals surface area contributed by atoms with Crippen LogP contribution >= 0.6 is 0 Å². The van der Waals surface area contributed by atoms with E-state index in [1.165, 1.54) is 24.3 Å². The van der Waals surface area contributed by atoms with Crippen LogP contribution in [0.15, 0.2) is 46.9 Å². The minimum atomic E-state index is -0.233. The maximum atomic E-state index is 11.9. The lowest BCUT2D eigenvalue weighted by atomic mass is 10.3. The molecule has 0 saturated carbocycles. The first kappa shape index (κ1) is 18.1. The van der Waals surface area contributed by atoms with Gasteiger partial charge in [-0.05, 0) is 37.6 Å². The van der Waals surface area contributed by atoms with E-state index in [1.54, 1.807) is 0 Å². The quantitative estimate of drug-likeness (QED) is 0.662. The number of anilines is 1. The molecule has 5 heteroatoms. The molecule has 24 heavy (non-hydrogen) atoms. The molecule has 5 nitrogen and oxygen atoms in total. The summed E-state index contributed by atoms with van der Waals surface area (Å²) >= 11 is 0. The summed E-state index contributed by atoms with van der Waals surface area (Å²) in [5, 5.41) is 5.60. The number of carbonyl (C=O) groups excluding carboxylic acids is 1. The second-order valence-corrected chi connectivity index (χ2v) is 5.93. The third kappa shape index (κ3) is 6.08. The van der Waals surface area contributed by atoms with Crippen molar-refractivity contribution in [2.24, 2.45) is 0 Å². The molecule has 130 valence electrons. The van der Waals surface area contributed by atoms with Crippen molar-refractivity contribution >= 4 is 11.7 Å². The van der Waals surface area contributed by atoms with Crippen LogP contribution in [0.5, 0.6) is 0 Å². The molecule has 1 atom stereocenters. The fourth-order valence-electron chi connectivity index (χ4n) is 2.54. The molecule has 2 rings (SSSR count). The summed E-state index contributed by atoms with van der Waals surface area (Å²) in [6, 6.07) is 13.1. The van der Waals surface area contributed by atoms with Gasteiger partial charge < -0.3 is 20.0 Å². The van der Waals surface area contributed by atoms with Crippen molar-refractivity contribution in [3.05, 3.63) is 54.0 Å². The van der Waals surface area contributed by atoms with Gasteiger partial charge in [-0.15, -0.1) is 0 Å². The predicted molar refractivity (Wildman–Crippen MR) is 96.0 cm³/mol. The number of carbonyl (C=O) groups is 1. The third-order valence-electron chi connectivity index (χ3n) is 3.98. The normalized spacial score (nSPS) is 11.9. The van der Waals surface area contributed by atoms with Gasteiger partial charge in [0.05, 0.1) is 19.6 Å². The van der Waals surface area contributed by atoms with Gasteiger partial charge in [0.1, 0.15) is 12.3 Å². The topological polar surface area (TPSA) is 58.7 Å². The Balaban J connectivity index is 1.77. The molecule has 0 saturated heterocycles. The predicted octanol–water partition coefficient (Wildman–Crippen LogP) is 2.81. The van der Waals surface area contributed by atoms with Gasteiger partial charge in [-0.1, -0.05) is 31.5 Å². The highest BCUT2D eigenvalue weighted by Crippen LogP contribution is 2.07. The molecule has 1 aromatic heterocycles. The average molecular weight is 330 g/mol. The molecular formula is C19H28N3O2+. The second-order valence-electron chi connectivity index (χ2n) is 5.93. The second kappa shape index (κ2) is 9.78. The summed E-state index contributed by atoms with van der Waals surface area (Å²) < 4.78 is 5.83. The van der Waals surface area contributed by atoms with Crippen LogP contribution in [0.4, 0.5) is 10.5 Å². The minimum Gasteiger partial charge on any atom is -0.458 e. The maximum absolute atomic E-state index is 11.9. The SMILES string of the molecule is CCCC[NH+](CC)Cc1ccc(CNC(=O)Nc2ccccc2)o1. The van der Waals surface area contributed by atoms with Crippen molar-refractivity contribution in [1.82, 2.24) is 5.32 Å². The number of unbranched alkanes of at least 4 members (excludes halogenated alkanes) is 1. The summed E-state index contributed by atoms with van der Waals surface area (Å²) in [5.41, 5.74) is 0.772. The Morgan fingerprint density at radius 3 is 2.54 bits per heavy atom. The van der Waals surface area contributed by atoms with Gasteiger partial charge in [-0.2, -0.15) is 0 Å². The van der Waals surface area contributed by atoms with E-state index in [-0.39, 0.29) is 6.03 Å². The molecule has 0 aliphatic heterocycles. The zero-order valence-corrected chi connectivity index (χ0v) is 14.6. The lowest BCUT2D eigenvalue weighted by Gasteiger charge is -2.15. The van der Waals surface area contributed by atoms with Crippen LogP contribution in [0, 0.1) is 0 Å². The molecule has 0 radical (unpaired) electrons. The van der Waals surface area contributed by atoms with E-state index in [9.17, 15) is 4.79 Å². The number of para-hydroxylation sites is 1. The lowest BCUT2D eigenvalue weighted by Crippen LogP contribution is -3.10. The lowest BCUT2D eigenvalue weighted by molar-refractivity contribution is -0.913. The Labute approximate surface area is 144 Å². The highest BCUT2D eigenvalue weighted by Gasteiger charge is 2.11. The van der Waals surface area contributed by atoms with Crippen LogP contribution in [-0.4, -0.2) is 19.1 Å². The van der Waals surface area contributed by atoms with Crippen molar-refractivity contribution < 1.29 is 14.1 Å². The number of amides is 2. The Hall–Kier alpha value is -2.27. The van der Waals surface area contributed by atoms with E-state index in [0.717, 1.165) is 30.3 Å². The monoisotopic (exact) mass is 330 g/mol. The fraction of sp³-hybridized carbons (Fsp3) is 0.421. The minimum absolute atomic E-state index is 0.233. The summed E-state index contributed by atoms with van der Waals surface area (Å²) in [7, 11) is 0. The van der Waals surface area contributed by atoms with Gasteiger partial charge in [-0.25, -0.2) is 4.79 Å². The smallest absolute Gasteiger partial charge is 0.319 e. The van der Waals surface area contributed by atoms with Crippen molar-refractivity contribution in [2.75, 3.05) is 18.4 Å². The summed E-state index contributed by atoms with van der Waals surface area (Å²) in [6.07, 6.45) is 2.45. The highest BCUT2D eigenvalue weighted by molar-refractivity contribution is 5.89. The summed E-state index contributed by atoms with van der Waals surface area (Å²) in [4.78, 5) is 13.4. The number of rotatable bonds is 9.